The number of aryl methyl sites for hydroxylation is 1. The first-order valence-electron chi connectivity index (χ1n) is 6.31. The molecule has 19 heavy (non-hydrogen) atoms. The molecule has 6 heteroatoms. The Kier molecular flexibility index (Phi) is 5.69. The first-order chi connectivity index (χ1) is 8.99. The summed E-state index contributed by atoms with van der Waals surface area (Å²) in [5.74, 6) is 0.194. The lowest BCUT2D eigenvalue weighted by Crippen LogP contribution is -2.33. The maximum Gasteiger partial charge on any atom is 0.376 e. The van der Waals surface area contributed by atoms with Crippen LogP contribution in [0.4, 0.5) is 5.82 Å². The Hall–Kier alpha value is -1.69. The predicted molar refractivity (Wildman–Crippen MR) is 72.3 cm³/mol. The van der Waals surface area contributed by atoms with Crippen LogP contribution >= 0.6 is 0 Å². The zero-order chi connectivity index (χ0) is 14.4. The van der Waals surface area contributed by atoms with Gasteiger partial charge in [-0.2, -0.15) is 0 Å². The van der Waals surface area contributed by atoms with Crippen LogP contribution in [0, 0.1) is 6.92 Å². The summed E-state index contributed by atoms with van der Waals surface area (Å²) in [7, 11) is 1.31. The lowest BCUT2D eigenvalue weighted by Gasteiger charge is -2.28. The van der Waals surface area contributed by atoms with Gasteiger partial charge in [-0.05, 0) is 27.2 Å². The topological polar surface area (TPSA) is 75.5 Å². The van der Waals surface area contributed by atoms with E-state index in [2.05, 4.69) is 14.7 Å². The zero-order valence-electron chi connectivity index (χ0n) is 11.9. The number of aliphatic hydroxyl groups is 1. The van der Waals surface area contributed by atoms with Gasteiger partial charge in [0.25, 0.3) is 0 Å². The number of nitrogens with zero attached hydrogens (tertiary/aromatic N) is 3. The summed E-state index contributed by atoms with van der Waals surface area (Å²) in [5, 5.41) is 8.95. The van der Waals surface area contributed by atoms with Gasteiger partial charge in [-0.1, -0.05) is 0 Å². The van der Waals surface area contributed by atoms with Gasteiger partial charge in [-0.15, -0.1) is 0 Å². The number of esters is 1. The molecule has 0 saturated heterocycles. The summed E-state index contributed by atoms with van der Waals surface area (Å²) in [6, 6.07) is 2.04. The molecule has 0 aliphatic rings. The molecule has 0 amide bonds. The van der Waals surface area contributed by atoms with Crippen LogP contribution in [0.2, 0.25) is 0 Å². The van der Waals surface area contributed by atoms with E-state index in [1.807, 2.05) is 31.7 Å². The fourth-order valence-electron chi connectivity index (χ4n) is 1.76. The third-order valence-corrected chi connectivity index (χ3v) is 2.68. The monoisotopic (exact) mass is 267 g/mol. The Morgan fingerprint density at radius 2 is 2.16 bits per heavy atom. The van der Waals surface area contributed by atoms with E-state index in [9.17, 15) is 4.79 Å². The molecule has 106 valence electrons. The van der Waals surface area contributed by atoms with Crippen LogP contribution in [-0.2, 0) is 4.74 Å². The first kappa shape index (κ1) is 15.4. The van der Waals surface area contributed by atoms with Gasteiger partial charge in [-0.25, -0.2) is 14.8 Å². The summed E-state index contributed by atoms with van der Waals surface area (Å²) in [6.45, 7) is 6.67. The Bertz CT molecular complexity index is 435. The summed E-state index contributed by atoms with van der Waals surface area (Å²) >= 11 is 0. The smallest absolute Gasteiger partial charge is 0.376 e. The Morgan fingerprint density at radius 3 is 2.68 bits per heavy atom. The van der Waals surface area contributed by atoms with E-state index in [1.165, 1.54) is 7.11 Å². The minimum absolute atomic E-state index is 0.0622. The molecule has 0 aromatic carbocycles. The van der Waals surface area contributed by atoms with Crippen molar-refractivity contribution in [3.63, 3.8) is 0 Å². The molecule has 0 fully saturated rings. The number of hydrogen-bond acceptors (Lipinski definition) is 6. The standard InChI is InChI=1S/C13H21N3O3/c1-9(2)16(6-5-7-17)11-8-10(3)14-12(15-11)13(18)19-4/h8-9,17H,5-7H2,1-4H3. The highest BCUT2D eigenvalue weighted by Gasteiger charge is 2.17. The average molecular weight is 267 g/mol. The van der Waals surface area contributed by atoms with Crippen LogP contribution in [-0.4, -0.2) is 47.3 Å². The highest BCUT2D eigenvalue weighted by atomic mass is 16.5. The van der Waals surface area contributed by atoms with Crippen LogP contribution in [0.5, 0.6) is 0 Å². The largest absolute Gasteiger partial charge is 0.463 e. The van der Waals surface area contributed by atoms with Crippen molar-refractivity contribution in [2.24, 2.45) is 0 Å². The van der Waals surface area contributed by atoms with Gasteiger partial charge in [0.1, 0.15) is 5.82 Å². The van der Waals surface area contributed by atoms with E-state index in [0.717, 1.165) is 0 Å². The van der Waals surface area contributed by atoms with Crippen molar-refractivity contribution < 1.29 is 14.6 Å². The second-order valence-corrected chi connectivity index (χ2v) is 4.55. The molecule has 1 rings (SSSR count). The SMILES string of the molecule is COC(=O)c1nc(C)cc(N(CCCO)C(C)C)n1. The van der Waals surface area contributed by atoms with Gasteiger partial charge in [0.15, 0.2) is 0 Å². The second-order valence-electron chi connectivity index (χ2n) is 4.55. The molecule has 1 N–H and O–H groups in total. The molecule has 0 spiro atoms. The Morgan fingerprint density at radius 1 is 1.47 bits per heavy atom. The van der Waals surface area contributed by atoms with Gasteiger partial charge in [-0.3, -0.25) is 0 Å². The van der Waals surface area contributed by atoms with Gasteiger partial charge in [0.05, 0.1) is 7.11 Å². The average Bonchev–Trinajstić information content (AvgIpc) is 2.37. The number of methoxy groups -OCH3 is 1. The second kappa shape index (κ2) is 7.04. The number of carbonyl (C=O) groups is 1. The van der Waals surface area contributed by atoms with Crippen LogP contribution in [0.25, 0.3) is 0 Å². The summed E-state index contributed by atoms with van der Waals surface area (Å²) in [4.78, 5) is 21.8. The Balaban J connectivity index is 3.08. The molecule has 0 bridgehead atoms. The van der Waals surface area contributed by atoms with E-state index in [-0.39, 0.29) is 18.5 Å². The Labute approximate surface area is 113 Å². The number of carbonyl (C=O) groups excluding carboxylic acids is 1. The van der Waals surface area contributed by atoms with Crippen LogP contribution in [0.1, 0.15) is 36.6 Å². The van der Waals surface area contributed by atoms with Gasteiger partial charge in [0, 0.05) is 31.0 Å². The minimum atomic E-state index is -0.546. The molecule has 0 unspecified atom stereocenters. The van der Waals surface area contributed by atoms with E-state index in [1.54, 1.807) is 0 Å². The number of hydrogen-bond donors (Lipinski definition) is 1. The number of aromatic nitrogens is 2. The molecule has 0 saturated carbocycles. The summed E-state index contributed by atoms with van der Waals surface area (Å²) in [5.41, 5.74) is 0.708. The molecule has 0 aliphatic heterocycles. The first-order valence-corrected chi connectivity index (χ1v) is 6.31. The third kappa shape index (κ3) is 4.17. The zero-order valence-corrected chi connectivity index (χ0v) is 11.9. The normalized spacial score (nSPS) is 10.6. The number of aliphatic hydroxyl groups excluding tert-OH is 1. The van der Waals surface area contributed by atoms with Crippen LogP contribution in [0.3, 0.4) is 0 Å². The quantitative estimate of drug-likeness (QED) is 0.780. The van der Waals surface area contributed by atoms with Gasteiger partial charge >= 0.3 is 5.97 Å². The van der Waals surface area contributed by atoms with E-state index < -0.39 is 5.97 Å². The molecule has 0 radical (unpaired) electrons. The molecule has 0 atom stereocenters. The summed E-state index contributed by atoms with van der Waals surface area (Å²) < 4.78 is 4.65. The fourth-order valence-corrected chi connectivity index (χ4v) is 1.76. The van der Waals surface area contributed by atoms with Crippen LogP contribution < -0.4 is 4.90 Å². The van der Waals surface area contributed by atoms with Crippen molar-refractivity contribution in [3.8, 4) is 0 Å². The molecule has 0 aliphatic carbocycles. The van der Waals surface area contributed by atoms with Gasteiger partial charge in [0.2, 0.25) is 5.82 Å². The maximum absolute atomic E-state index is 11.5. The van der Waals surface area contributed by atoms with E-state index in [0.29, 0.717) is 24.5 Å². The number of rotatable bonds is 6. The van der Waals surface area contributed by atoms with Crippen molar-refractivity contribution in [1.82, 2.24) is 9.97 Å². The molecule has 1 aromatic rings. The lowest BCUT2D eigenvalue weighted by molar-refractivity contribution is 0.0586. The minimum Gasteiger partial charge on any atom is -0.463 e. The van der Waals surface area contributed by atoms with Crippen molar-refractivity contribution in [3.05, 3.63) is 17.6 Å². The molecular weight excluding hydrogens is 246 g/mol. The third-order valence-electron chi connectivity index (χ3n) is 2.68. The van der Waals surface area contributed by atoms with E-state index >= 15 is 0 Å². The fraction of sp³-hybridized carbons (Fsp3) is 0.615. The van der Waals surface area contributed by atoms with Gasteiger partial charge < -0.3 is 14.7 Å². The highest BCUT2D eigenvalue weighted by Crippen LogP contribution is 2.16. The lowest BCUT2D eigenvalue weighted by atomic mass is 10.2. The van der Waals surface area contributed by atoms with Crippen LogP contribution in [0.15, 0.2) is 6.07 Å². The van der Waals surface area contributed by atoms with Crippen molar-refractivity contribution in [2.45, 2.75) is 33.2 Å². The molecule has 1 heterocycles. The molecule has 6 nitrogen and oxygen atoms in total. The predicted octanol–water partition coefficient (Wildman–Crippen LogP) is 1.17. The number of anilines is 1. The summed E-state index contributed by atoms with van der Waals surface area (Å²) in [6.07, 6.45) is 0.648. The molecular formula is C13H21N3O3. The van der Waals surface area contributed by atoms with E-state index in [4.69, 9.17) is 5.11 Å². The van der Waals surface area contributed by atoms with Crippen molar-refractivity contribution in [2.75, 3.05) is 25.2 Å². The maximum atomic E-state index is 11.5. The van der Waals surface area contributed by atoms with Crippen molar-refractivity contribution in [1.29, 1.82) is 0 Å². The van der Waals surface area contributed by atoms with Crippen molar-refractivity contribution >= 4 is 11.8 Å². The highest BCUT2D eigenvalue weighted by molar-refractivity contribution is 5.85. The molecule has 1 aromatic heterocycles. The number of ether oxygens (including phenoxy) is 1.